The number of Topliss-reactive ketones (excluding diaryl/α,β-unsaturated/α-hetero) is 2. The van der Waals surface area contributed by atoms with Crippen LogP contribution in [0.15, 0.2) is 0 Å². The Kier molecular flexibility index (Phi) is 7.34. The predicted octanol–water partition coefficient (Wildman–Crippen LogP) is -3.31. The lowest BCUT2D eigenvalue weighted by Crippen LogP contribution is -2.47. The topological polar surface area (TPSA) is 162 Å². The molecule has 0 aliphatic carbocycles. The number of rotatable bonds is 9. The van der Waals surface area contributed by atoms with Crippen LogP contribution in [0.2, 0.25) is 0 Å². The first-order valence-corrected chi connectivity index (χ1v) is 5.23. The Morgan fingerprint density at radius 1 is 1.16 bits per heavy atom. The number of ether oxygens (including phenoxy) is 1. The van der Waals surface area contributed by atoms with Gasteiger partial charge >= 0.3 is 5.97 Å². The Balaban J connectivity index is 4.75. The van der Waals surface area contributed by atoms with E-state index >= 15 is 0 Å². The molecule has 9 nitrogen and oxygen atoms in total. The van der Waals surface area contributed by atoms with Gasteiger partial charge in [-0.25, -0.2) is 4.79 Å². The normalized spacial score (nSPS) is 17.3. The maximum Gasteiger partial charge on any atom is 0.333 e. The molecule has 9 heteroatoms. The zero-order chi connectivity index (χ0) is 15.2. The minimum atomic E-state index is -2.05. The highest BCUT2D eigenvalue weighted by Gasteiger charge is 2.36. The molecule has 0 aliphatic rings. The molecule has 0 heterocycles. The Labute approximate surface area is 108 Å². The zero-order valence-electron chi connectivity index (χ0n) is 10.1. The average Bonchev–Trinajstić information content (AvgIpc) is 2.37. The molecular weight excluding hydrogens is 264 g/mol. The number of aliphatic hydroxyl groups is 4. The van der Waals surface area contributed by atoms with Gasteiger partial charge in [0.05, 0.1) is 13.0 Å². The van der Waals surface area contributed by atoms with Crippen molar-refractivity contribution in [2.24, 2.45) is 0 Å². The molecule has 1 unspecified atom stereocenters. The molecule has 5 N–H and O–H groups in total. The summed E-state index contributed by atoms with van der Waals surface area (Å²) in [7, 11) is 0.983. The maximum absolute atomic E-state index is 11.6. The van der Waals surface area contributed by atoms with E-state index in [1.165, 1.54) is 0 Å². The second-order valence-corrected chi connectivity index (χ2v) is 3.74. The number of carboxylic acid groups (broad SMARTS) is 1. The average molecular weight is 280 g/mol. The van der Waals surface area contributed by atoms with Crippen LogP contribution >= 0.6 is 0 Å². The van der Waals surface area contributed by atoms with Gasteiger partial charge in [-0.05, 0) is 0 Å². The van der Waals surface area contributed by atoms with Gasteiger partial charge in [0, 0.05) is 7.11 Å². The number of aliphatic hydroxyl groups excluding tert-OH is 4. The molecule has 0 spiro atoms. The molecule has 0 aromatic carbocycles. The summed E-state index contributed by atoms with van der Waals surface area (Å²) in [5, 5.41) is 44.5. The quantitative estimate of drug-likeness (QED) is 0.272. The van der Waals surface area contributed by atoms with Crippen LogP contribution in [0.25, 0.3) is 0 Å². The molecule has 0 aromatic heterocycles. The van der Waals surface area contributed by atoms with Crippen molar-refractivity contribution in [2.75, 3.05) is 13.7 Å². The summed E-state index contributed by atoms with van der Waals surface area (Å²) in [5.74, 6) is -4.25. The van der Waals surface area contributed by atoms with Crippen molar-refractivity contribution in [3.8, 4) is 0 Å². The Hall–Kier alpha value is -1.39. The molecule has 0 saturated heterocycles. The highest BCUT2D eigenvalue weighted by Crippen LogP contribution is 2.08. The summed E-state index contributed by atoms with van der Waals surface area (Å²) >= 11 is 0. The van der Waals surface area contributed by atoms with E-state index in [4.69, 9.17) is 20.4 Å². The van der Waals surface area contributed by atoms with E-state index in [0.717, 1.165) is 7.11 Å². The molecule has 4 atom stereocenters. The van der Waals surface area contributed by atoms with Gasteiger partial charge in [0.15, 0.2) is 12.2 Å². The monoisotopic (exact) mass is 280 g/mol. The molecule has 0 bridgehead atoms. The number of hydrogen-bond acceptors (Lipinski definition) is 8. The zero-order valence-corrected chi connectivity index (χ0v) is 10.1. The van der Waals surface area contributed by atoms with Crippen LogP contribution in [0.3, 0.4) is 0 Å². The standard InChI is InChI=1S/C10H16O9/c1-19-9(8(16)6(14)3-11)7(15)4(12)2-5(13)10(17)18/h5-6,8-9,11,13-14,16H,2-3H2,1H3,(H,17,18)/t5?,6-,8-,9-/m1/s1. The summed E-state index contributed by atoms with van der Waals surface area (Å²) in [6.45, 7) is -0.861. The molecule has 0 saturated carbocycles. The number of hydrogen-bond donors (Lipinski definition) is 5. The SMILES string of the molecule is CO[C@H](C(=O)C(=O)CC(O)C(=O)O)[C@H](O)[C@H](O)CO. The molecule has 0 rings (SSSR count). The van der Waals surface area contributed by atoms with E-state index in [1.54, 1.807) is 0 Å². The first kappa shape index (κ1) is 17.6. The molecule has 0 aliphatic heterocycles. The van der Waals surface area contributed by atoms with Crippen LogP contribution in [0.4, 0.5) is 0 Å². The summed E-state index contributed by atoms with van der Waals surface area (Å²) in [4.78, 5) is 33.2. The third-order valence-corrected chi connectivity index (χ3v) is 2.34. The van der Waals surface area contributed by atoms with Crippen molar-refractivity contribution in [1.82, 2.24) is 0 Å². The van der Waals surface area contributed by atoms with Gasteiger partial charge in [-0.3, -0.25) is 9.59 Å². The minimum Gasteiger partial charge on any atom is -0.479 e. The van der Waals surface area contributed by atoms with Gasteiger partial charge < -0.3 is 30.3 Å². The number of carboxylic acids is 1. The molecule has 0 amide bonds. The Bertz CT molecular complexity index is 340. The highest BCUT2D eigenvalue weighted by atomic mass is 16.5. The fraction of sp³-hybridized carbons (Fsp3) is 0.700. The second kappa shape index (κ2) is 7.92. The van der Waals surface area contributed by atoms with Crippen molar-refractivity contribution in [2.45, 2.75) is 30.8 Å². The summed E-state index contributed by atoms with van der Waals surface area (Å²) < 4.78 is 4.54. The second-order valence-electron chi connectivity index (χ2n) is 3.74. The van der Waals surface area contributed by atoms with Crippen molar-refractivity contribution in [3.05, 3.63) is 0 Å². The lowest BCUT2D eigenvalue weighted by molar-refractivity contribution is -0.156. The van der Waals surface area contributed by atoms with Crippen LogP contribution in [0.1, 0.15) is 6.42 Å². The number of ketones is 2. The lowest BCUT2D eigenvalue weighted by Gasteiger charge is -2.23. The van der Waals surface area contributed by atoms with E-state index in [1.807, 2.05) is 0 Å². The van der Waals surface area contributed by atoms with Crippen LogP contribution in [-0.2, 0) is 19.1 Å². The number of methoxy groups -OCH3 is 1. The van der Waals surface area contributed by atoms with Crippen LogP contribution in [0.5, 0.6) is 0 Å². The molecule has 0 aromatic rings. The van der Waals surface area contributed by atoms with E-state index in [0.29, 0.717) is 0 Å². The van der Waals surface area contributed by atoms with Gasteiger partial charge in [-0.2, -0.15) is 0 Å². The van der Waals surface area contributed by atoms with Crippen LogP contribution in [-0.4, -0.2) is 81.2 Å². The number of carbonyl (C=O) groups excluding carboxylic acids is 2. The predicted molar refractivity (Wildman–Crippen MR) is 58.2 cm³/mol. The van der Waals surface area contributed by atoms with E-state index in [2.05, 4.69) is 4.74 Å². The van der Waals surface area contributed by atoms with E-state index in [9.17, 15) is 19.5 Å². The van der Waals surface area contributed by atoms with Crippen molar-refractivity contribution < 1.29 is 44.7 Å². The van der Waals surface area contributed by atoms with Crippen molar-refractivity contribution >= 4 is 17.5 Å². The fourth-order valence-electron chi connectivity index (χ4n) is 1.23. The highest BCUT2D eigenvalue weighted by molar-refractivity contribution is 6.39. The van der Waals surface area contributed by atoms with Gasteiger partial charge in [-0.15, -0.1) is 0 Å². The van der Waals surface area contributed by atoms with E-state index < -0.39 is 55.0 Å². The Morgan fingerprint density at radius 3 is 2.05 bits per heavy atom. The third kappa shape index (κ3) is 5.01. The number of carbonyl (C=O) groups is 3. The van der Waals surface area contributed by atoms with Gasteiger partial charge in [0.25, 0.3) is 0 Å². The van der Waals surface area contributed by atoms with E-state index in [-0.39, 0.29) is 0 Å². The third-order valence-electron chi connectivity index (χ3n) is 2.34. The fourth-order valence-corrected chi connectivity index (χ4v) is 1.23. The number of aliphatic carboxylic acids is 1. The first-order valence-electron chi connectivity index (χ1n) is 5.23. The lowest BCUT2D eigenvalue weighted by atomic mass is 9.99. The van der Waals surface area contributed by atoms with Gasteiger partial charge in [0.1, 0.15) is 12.2 Å². The molecule has 19 heavy (non-hydrogen) atoms. The molecule has 110 valence electrons. The minimum absolute atomic E-state index is 0.861. The van der Waals surface area contributed by atoms with Crippen LogP contribution < -0.4 is 0 Å². The first-order chi connectivity index (χ1) is 8.76. The molecule has 0 fully saturated rings. The van der Waals surface area contributed by atoms with Gasteiger partial charge in [-0.1, -0.05) is 0 Å². The summed E-state index contributed by atoms with van der Waals surface area (Å²) in [6.07, 6.45) is -8.33. The molecule has 0 radical (unpaired) electrons. The molecular formula is C10H16O9. The largest absolute Gasteiger partial charge is 0.479 e. The summed E-state index contributed by atoms with van der Waals surface area (Å²) in [6, 6.07) is 0. The maximum atomic E-state index is 11.6. The van der Waals surface area contributed by atoms with Crippen LogP contribution in [0, 0.1) is 0 Å². The Morgan fingerprint density at radius 2 is 1.68 bits per heavy atom. The smallest absolute Gasteiger partial charge is 0.333 e. The van der Waals surface area contributed by atoms with Crippen molar-refractivity contribution in [1.29, 1.82) is 0 Å². The van der Waals surface area contributed by atoms with Crippen molar-refractivity contribution in [3.63, 3.8) is 0 Å². The van der Waals surface area contributed by atoms with Gasteiger partial charge in [0.2, 0.25) is 11.6 Å². The summed E-state index contributed by atoms with van der Waals surface area (Å²) in [5.41, 5.74) is 0.